The molecule has 24 heavy (non-hydrogen) atoms. The van der Waals surface area contributed by atoms with E-state index in [4.69, 9.17) is 9.47 Å². The molecule has 0 radical (unpaired) electrons. The number of benzene rings is 1. The van der Waals surface area contributed by atoms with Crippen LogP contribution >= 0.6 is 0 Å². The molecular weight excluding hydrogens is 311 g/mol. The van der Waals surface area contributed by atoms with Crippen molar-refractivity contribution in [3.05, 3.63) is 30.1 Å². The Morgan fingerprint density at radius 2 is 2.25 bits per heavy atom. The number of ether oxygens (including phenoxy) is 2. The van der Waals surface area contributed by atoms with Gasteiger partial charge < -0.3 is 14.4 Å². The molecule has 3 rings (SSSR count). The molecule has 0 unspecified atom stereocenters. The van der Waals surface area contributed by atoms with Crippen molar-refractivity contribution in [2.45, 2.75) is 31.8 Å². The average molecular weight is 336 g/mol. The Morgan fingerprint density at radius 3 is 3.04 bits per heavy atom. The number of nitrogens with zero attached hydrogens (tertiary/aromatic N) is 2. The zero-order valence-corrected chi connectivity index (χ0v) is 14.1. The summed E-state index contributed by atoms with van der Waals surface area (Å²) in [5.74, 6) is -0.0441. The van der Waals surface area contributed by atoms with Crippen LogP contribution in [0.2, 0.25) is 0 Å². The maximum Gasteiger partial charge on any atom is 0.260 e. The Labute approximate surface area is 142 Å². The van der Waals surface area contributed by atoms with Crippen LogP contribution in [-0.4, -0.2) is 67.2 Å². The van der Waals surface area contributed by atoms with E-state index in [-0.39, 0.29) is 24.4 Å². The Morgan fingerprint density at radius 1 is 1.38 bits per heavy atom. The minimum Gasteiger partial charge on any atom is -0.484 e. The smallest absolute Gasteiger partial charge is 0.260 e. The van der Waals surface area contributed by atoms with E-state index in [0.717, 1.165) is 26.0 Å². The summed E-state index contributed by atoms with van der Waals surface area (Å²) in [6, 6.07) is 6.59. The van der Waals surface area contributed by atoms with Crippen molar-refractivity contribution < 1.29 is 18.7 Å². The van der Waals surface area contributed by atoms with Crippen molar-refractivity contribution in [2.75, 3.05) is 39.5 Å². The molecule has 2 aliphatic rings. The van der Waals surface area contributed by atoms with Crippen LogP contribution in [0.5, 0.6) is 5.75 Å². The maximum atomic E-state index is 13.1. The monoisotopic (exact) mass is 336 g/mol. The number of piperazine rings is 1. The van der Waals surface area contributed by atoms with Gasteiger partial charge >= 0.3 is 0 Å². The van der Waals surface area contributed by atoms with Crippen LogP contribution in [0.25, 0.3) is 0 Å². The summed E-state index contributed by atoms with van der Waals surface area (Å²) in [6.45, 7) is 5.86. The molecule has 2 fully saturated rings. The van der Waals surface area contributed by atoms with Crippen molar-refractivity contribution in [1.29, 1.82) is 0 Å². The number of hydrogen-bond acceptors (Lipinski definition) is 4. The van der Waals surface area contributed by atoms with Crippen LogP contribution in [0.4, 0.5) is 4.39 Å². The SMILES string of the molecule is CCC[C@H]1COC[C@H]2CN(C(=O)COc3cccc(F)c3)CCN12. The molecule has 1 aromatic carbocycles. The van der Waals surface area contributed by atoms with Crippen LogP contribution in [-0.2, 0) is 9.53 Å². The lowest BCUT2D eigenvalue weighted by molar-refractivity contribution is -0.142. The van der Waals surface area contributed by atoms with Crippen LogP contribution < -0.4 is 4.74 Å². The van der Waals surface area contributed by atoms with Gasteiger partial charge in [-0.1, -0.05) is 19.4 Å². The number of halogens is 1. The number of fused-ring (bicyclic) bond motifs is 1. The van der Waals surface area contributed by atoms with Crippen LogP contribution in [0.3, 0.4) is 0 Å². The minimum atomic E-state index is -0.366. The highest BCUT2D eigenvalue weighted by molar-refractivity contribution is 5.78. The first-order valence-electron chi connectivity index (χ1n) is 8.67. The predicted molar refractivity (Wildman–Crippen MR) is 88.5 cm³/mol. The van der Waals surface area contributed by atoms with E-state index in [2.05, 4.69) is 11.8 Å². The number of hydrogen-bond donors (Lipinski definition) is 0. The summed E-state index contributed by atoms with van der Waals surface area (Å²) >= 11 is 0. The second-order valence-corrected chi connectivity index (χ2v) is 6.46. The molecule has 1 amide bonds. The van der Waals surface area contributed by atoms with E-state index in [9.17, 15) is 9.18 Å². The third-order valence-corrected chi connectivity index (χ3v) is 4.75. The van der Waals surface area contributed by atoms with Crippen LogP contribution in [0.15, 0.2) is 24.3 Å². The molecule has 0 saturated carbocycles. The number of amides is 1. The Bertz CT molecular complexity index is 567. The molecule has 132 valence electrons. The molecule has 2 aliphatic heterocycles. The van der Waals surface area contributed by atoms with Gasteiger partial charge in [0.05, 0.1) is 19.3 Å². The third kappa shape index (κ3) is 4.05. The first kappa shape index (κ1) is 17.2. The van der Waals surface area contributed by atoms with Crippen LogP contribution in [0.1, 0.15) is 19.8 Å². The van der Waals surface area contributed by atoms with Crippen molar-refractivity contribution in [3.63, 3.8) is 0 Å². The topological polar surface area (TPSA) is 42.0 Å². The number of carbonyl (C=O) groups excluding carboxylic acids is 1. The fourth-order valence-electron chi connectivity index (χ4n) is 3.54. The van der Waals surface area contributed by atoms with Gasteiger partial charge in [-0.25, -0.2) is 4.39 Å². The summed E-state index contributed by atoms with van der Waals surface area (Å²) < 4.78 is 24.3. The van der Waals surface area contributed by atoms with E-state index in [1.165, 1.54) is 12.1 Å². The van der Waals surface area contributed by atoms with Crippen molar-refractivity contribution in [1.82, 2.24) is 9.80 Å². The molecule has 0 aliphatic carbocycles. The second-order valence-electron chi connectivity index (χ2n) is 6.46. The zero-order valence-electron chi connectivity index (χ0n) is 14.1. The van der Waals surface area contributed by atoms with Crippen molar-refractivity contribution >= 4 is 5.91 Å². The summed E-state index contributed by atoms with van der Waals surface area (Å²) in [5, 5.41) is 0. The van der Waals surface area contributed by atoms with Gasteiger partial charge in [-0.2, -0.15) is 0 Å². The Balaban J connectivity index is 1.52. The summed E-state index contributed by atoms with van der Waals surface area (Å²) in [5.41, 5.74) is 0. The average Bonchev–Trinajstić information content (AvgIpc) is 2.60. The van der Waals surface area contributed by atoms with Gasteiger partial charge in [-0.15, -0.1) is 0 Å². The molecule has 6 heteroatoms. The van der Waals surface area contributed by atoms with Gasteiger partial charge in [0.25, 0.3) is 5.91 Å². The molecule has 0 aromatic heterocycles. The highest BCUT2D eigenvalue weighted by atomic mass is 19.1. The fourth-order valence-corrected chi connectivity index (χ4v) is 3.54. The fraction of sp³-hybridized carbons (Fsp3) is 0.611. The Hall–Kier alpha value is -1.66. The lowest BCUT2D eigenvalue weighted by atomic mass is 10.0. The van der Waals surface area contributed by atoms with Gasteiger partial charge in [0.1, 0.15) is 11.6 Å². The van der Waals surface area contributed by atoms with Crippen molar-refractivity contribution in [3.8, 4) is 5.75 Å². The molecule has 1 aromatic rings. The van der Waals surface area contributed by atoms with E-state index < -0.39 is 0 Å². The molecule has 2 saturated heterocycles. The highest BCUT2D eigenvalue weighted by Gasteiger charge is 2.36. The summed E-state index contributed by atoms with van der Waals surface area (Å²) in [6.07, 6.45) is 2.27. The zero-order chi connectivity index (χ0) is 16.9. The molecule has 0 spiro atoms. The lowest BCUT2D eigenvalue weighted by Gasteiger charge is -2.48. The summed E-state index contributed by atoms with van der Waals surface area (Å²) in [4.78, 5) is 16.7. The molecule has 0 N–H and O–H groups in total. The van der Waals surface area contributed by atoms with Gasteiger partial charge in [-0.05, 0) is 18.6 Å². The lowest BCUT2D eigenvalue weighted by Crippen LogP contribution is -2.63. The summed E-state index contributed by atoms with van der Waals surface area (Å²) in [7, 11) is 0. The quantitative estimate of drug-likeness (QED) is 0.824. The normalized spacial score (nSPS) is 24.5. The number of morpholine rings is 1. The van der Waals surface area contributed by atoms with E-state index >= 15 is 0 Å². The van der Waals surface area contributed by atoms with Crippen molar-refractivity contribution in [2.24, 2.45) is 0 Å². The maximum absolute atomic E-state index is 13.1. The largest absolute Gasteiger partial charge is 0.484 e. The Kier molecular flexibility index (Phi) is 5.68. The van der Waals surface area contributed by atoms with Crippen LogP contribution in [0, 0.1) is 5.82 Å². The molecule has 2 heterocycles. The first-order chi connectivity index (χ1) is 11.7. The second kappa shape index (κ2) is 7.94. The standard InChI is InChI=1S/C18H25FN2O3/c1-2-4-15-11-23-12-16-10-20(7-8-21(15)16)18(22)13-24-17-6-3-5-14(19)9-17/h3,5-6,9,15-16H,2,4,7-8,10-13H2,1H3/t15-,16+/m0/s1. The number of carbonyl (C=O) groups is 1. The predicted octanol–water partition coefficient (Wildman–Crippen LogP) is 1.92. The third-order valence-electron chi connectivity index (χ3n) is 4.75. The molecular formula is C18H25FN2O3. The first-order valence-corrected chi connectivity index (χ1v) is 8.67. The van der Waals surface area contributed by atoms with Gasteiger partial charge in [-0.3, -0.25) is 9.69 Å². The molecule has 5 nitrogen and oxygen atoms in total. The van der Waals surface area contributed by atoms with Gasteiger partial charge in [0, 0.05) is 31.7 Å². The van der Waals surface area contributed by atoms with E-state index in [0.29, 0.717) is 31.5 Å². The van der Waals surface area contributed by atoms with Gasteiger partial charge in [0.2, 0.25) is 0 Å². The highest BCUT2D eigenvalue weighted by Crippen LogP contribution is 2.21. The molecule has 2 atom stereocenters. The van der Waals surface area contributed by atoms with E-state index in [1.54, 1.807) is 12.1 Å². The van der Waals surface area contributed by atoms with Gasteiger partial charge in [0.15, 0.2) is 6.61 Å². The minimum absolute atomic E-state index is 0.0588. The molecule has 0 bridgehead atoms. The van der Waals surface area contributed by atoms with E-state index in [1.807, 2.05) is 4.90 Å². The number of rotatable bonds is 5.